The number of ether oxygens (including phenoxy) is 1. The number of carbonyl (C=O) groups excluding carboxylic acids is 1. The average molecular weight is 557 g/mol. The number of hydrogen-bond acceptors (Lipinski definition) is 6. The molecule has 3 heterocycles. The quantitative estimate of drug-likeness (QED) is 0.282. The van der Waals surface area contributed by atoms with Gasteiger partial charge in [-0.05, 0) is 58.4 Å². The van der Waals surface area contributed by atoms with Crippen molar-refractivity contribution in [3.05, 3.63) is 97.5 Å². The second kappa shape index (κ2) is 10.6. The number of carbonyl (C=O) groups is 1. The third kappa shape index (κ3) is 5.57. The van der Waals surface area contributed by atoms with Crippen LogP contribution >= 0.6 is 0 Å². The predicted octanol–water partition coefficient (Wildman–Crippen LogP) is 3.35. The Kier molecular flexibility index (Phi) is 7.50. The third-order valence-electron chi connectivity index (χ3n) is 7.05. The van der Waals surface area contributed by atoms with Crippen LogP contribution in [0.1, 0.15) is 62.6 Å². The minimum atomic E-state index is -0.636. The summed E-state index contributed by atoms with van der Waals surface area (Å²) < 4.78 is 9.31. The van der Waals surface area contributed by atoms with E-state index in [4.69, 9.17) is 4.74 Å². The van der Waals surface area contributed by atoms with Crippen molar-refractivity contribution < 1.29 is 19.2 Å². The lowest BCUT2D eigenvalue weighted by Gasteiger charge is -2.20. The van der Waals surface area contributed by atoms with Crippen LogP contribution in [0.5, 0.6) is 5.88 Å². The summed E-state index contributed by atoms with van der Waals surface area (Å²) in [4.78, 5) is 36.6. The molecule has 0 saturated carbocycles. The number of hydrogen-bond donors (Lipinski definition) is 2. The highest BCUT2D eigenvalue weighted by Gasteiger charge is 2.44. The largest absolute Gasteiger partial charge is 0.494 e. The standard InChI is InChI=1S/C31H33N5O5/c1-30(2,3)41-28(39)33-18-19-11-12-24-23(15-19)31(4,5)25-16-20(13-14-36(24)25)21(17-32)9-8-10-22-26(37)34(6)29(40)35(7)27(22)38/h8-16H,18H2,1-7H3,(H,33,39)/p+1. The van der Waals surface area contributed by atoms with E-state index in [1.54, 1.807) is 6.08 Å². The van der Waals surface area contributed by atoms with E-state index in [-0.39, 0.29) is 5.56 Å². The summed E-state index contributed by atoms with van der Waals surface area (Å²) >= 11 is 0. The molecule has 0 radical (unpaired) electrons. The molecule has 0 fully saturated rings. The lowest BCUT2D eigenvalue weighted by molar-refractivity contribution is -0.599. The van der Waals surface area contributed by atoms with E-state index in [0.29, 0.717) is 17.7 Å². The van der Waals surface area contributed by atoms with Gasteiger partial charge in [-0.3, -0.25) is 13.9 Å². The van der Waals surface area contributed by atoms with Crippen LogP contribution < -0.4 is 21.1 Å². The summed E-state index contributed by atoms with van der Waals surface area (Å²) in [6.07, 6.45) is 5.88. The first-order valence-electron chi connectivity index (χ1n) is 13.1. The van der Waals surface area contributed by atoms with Crippen molar-refractivity contribution in [2.45, 2.75) is 52.2 Å². The fourth-order valence-corrected chi connectivity index (χ4v) is 4.83. The maximum absolute atomic E-state index is 12.5. The number of allylic oxidation sites excluding steroid dienone is 3. The highest BCUT2D eigenvalue weighted by molar-refractivity contribution is 5.79. The summed E-state index contributed by atoms with van der Waals surface area (Å²) in [5.74, 6) is -0.449. The number of rotatable bonds is 5. The summed E-state index contributed by atoms with van der Waals surface area (Å²) in [6.45, 7) is 9.99. The van der Waals surface area contributed by atoms with Gasteiger partial charge < -0.3 is 15.2 Å². The topological polar surface area (TPSA) is 130 Å². The molecule has 3 aromatic rings. The van der Waals surface area contributed by atoms with Crippen molar-refractivity contribution in [2.24, 2.45) is 14.1 Å². The number of aromatic nitrogens is 3. The maximum Gasteiger partial charge on any atom is 0.407 e. The van der Waals surface area contributed by atoms with Gasteiger partial charge in [-0.25, -0.2) is 9.59 Å². The number of alkyl carbamates (subject to hydrolysis) is 1. The van der Waals surface area contributed by atoms with E-state index in [2.05, 4.69) is 35.9 Å². The van der Waals surface area contributed by atoms with Crippen LogP contribution in [0.2, 0.25) is 0 Å². The summed E-state index contributed by atoms with van der Waals surface area (Å²) in [7, 11) is 2.70. The number of nitrogens with zero attached hydrogens (tertiary/aromatic N) is 4. The van der Waals surface area contributed by atoms with Gasteiger partial charge in [0.25, 0.3) is 5.56 Å². The Hall–Kier alpha value is -4.91. The van der Waals surface area contributed by atoms with E-state index in [1.807, 2.05) is 51.2 Å². The number of aromatic hydroxyl groups is 1. The molecule has 212 valence electrons. The summed E-state index contributed by atoms with van der Waals surface area (Å²) in [5, 5.41) is 23.0. The molecule has 4 rings (SSSR count). The van der Waals surface area contributed by atoms with Crippen molar-refractivity contribution in [1.29, 1.82) is 5.26 Å². The summed E-state index contributed by atoms with van der Waals surface area (Å²) in [5.41, 5.74) is 2.77. The fraction of sp³-hybridized carbons (Fsp3) is 0.323. The number of nitriles is 1. The molecule has 0 aliphatic carbocycles. The van der Waals surface area contributed by atoms with Crippen LogP contribution in [0.15, 0.2) is 58.3 Å². The van der Waals surface area contributed by atoms with Gasteiger partial charge in [0.15, 0.2) is 11.9 Å². The van der Waals surface area contributed by atoms with Gasteiger partial charge in [0.2, 0.25) is 11.6 Å². The number of amides is 1. The van der Waals surface area contributed by atoms with E-state index in [9.17, 15) is 24.8 Å². The molecule has 2 N–H and O–H groups in total. The molecular weight excluding hydrogens is 522 g/mol. The molecule has 41 heavy (non-hydrogen) atoms. The van der Waals surface area contributed by atoms with Crippen LogP contribution in [-0.4, -0.2) is 25.9 Å². The maximum atomic E-state index is 12.5. The number of fused-ring (bicyclic) bond motifs is 3. The highest BCUT2D eigenvalue weighted by Crippen LogP contribution is 2.39. The van der Waals surface area contributed by atoms with Crippen molar-refractivity contribution in [2.75, 3.05) is 0 Å². The van der Waals surface area contributed by atoms with Crippen LogP contribution in [0.4, 0.5) is 4.79 Å². The molecule has 0 unspecified atom stereocenters. The van der Waals surface area contributed by atoms with Crippen molar-refractivity contribution >= 4 is 17.7 Å². The van der Waals surface area contributed by atoms with Crippen LogP contribution in [0, 0.1) is 11.3 Å². The first kappa shape index (κ1) is 29.1. The third-order valence-corrected chi connectivity index (χ3v) is 7.05. The fourth-order valence-electron chi connectivity index (χ4n) is 4.83. The van der Waals surface area contributed by atoms with Crippen LogP contribution in [0.25, 0.3) is 17.3 Å². The van der Waals surface area contributed by atoms with Gasteiger partial charge in [-0.15, -0.1) is 0 Å². The Bertz CT molecular complexity index is 1780. The molecule has 0 spiro atoms. The molecule has 1 aliphatic rings. The highest BCUT2D eigenvalue weighted by atomic mass is 16.6. The molecule has 1 aliphatic heterocycles. The zero-order chi connectivity index (χ0) is 30.3. The lowest BCUT2D eigenvalue weighted by Crippen LogP contribution is -2.37. The Balaban J connectivity index is 1.62. The van der Waals surface area contributed by atoms with Gasteiger partial charge in [0.1, 0.15) is 11.2 Å². The minimum absolute atomic E-state index is 0.0544. The van der Waals surface area contributed by atoms with Crippen LogP contribution in [0.3, 0.4) is 0 Å². The molecule has 0 bridgehead atoms. The second-order valence-electron chi connectivity index (χ2n) is 11.5. The van der Waals surface area contributed by atoms with Gasteiger partial charge in [-0.2, -0.15) is 9.83 Å². The molecule has 1 amide bonds. The van der Waals surface area contributed by atoms with Gasteiger partial charge in [-0.1, -0.05) is 12.1 Å². The molecule has 10 nitrogen and oxygen atoms in total. The zero-order valence-corrected chi connectivity index (χ0v) is 24.3. The summed E-state index contributed by atoms with van der Waals surface area (Å²) in [6, 6.07) is 12.1. The van der Waals surface area contributed by atoms with Crippen LogP contribution in [-0.2, 0) is 30.8 Å². The van der Waals surface area contributed by atoms with E-state index in [1.165, 1.54) is 26.2 Å². The predicted molar refractivity (Wildman–Crippen MR) is 154 cm³/mol. The molecule has 0 atom stereocenters. The van der Waals surface area contributed by atoms with Crippen molar-refractivity contribution in [3.63, 3.8) is 0 Å². The van der Waals surface area contributed by atoms with Gasteiger partial charge in [0.05, 0.1) is 17.1 Å². The second-order valence-corrected chi connectivity index (χ2v) is 11.5. The Labute approximate surface area is 238 Å². The molecule has 2 aromatic heterocycles. The number of benzene rings is 1. The number of pyridine rings is 1. The van der Waals surface area contributed by atoms with Crippen molar-refractivity contribution in [1.82, 2.24) is 14.5 Å². The molecule has 1 aromatic carbocycles. The first-order valence-corrected chi connectivity index (χ1v) is 13.1. The normalized spacial score (nSPS) is 14.0. The lowest BCUT2D eigenvalue weighted by atomic mass is 9.82. The average Bonchev–Trinajstić information content (AvgIpc) is 3.14. The Morgan fingerprint density at radius 3 is 2.54 bits per heavy atom. The molecule has 10 heteroatoms. The van der Waals surface area contributed by atoms with E-state index in [0.717, 1.165) is 31.6 Å². The Morgan fingerprint density at radius 2 is 1.88 bits per heavy atom. The smallest absolute Gasteiger partial charge is 0.407 e. The first-order chi connectivity index (χ1) is 19.2. The Morgan fingerprint density at radius 1 is 1.17 bits per heavy atom. The monoisotopic (exact) mass is 556 g/mol. The number of nitrogens with one attached hydrogen (secondary N) is 1. The SMILES string of the molecule is Cn1c(O)c(/C=C/C=C(\C#N)c2cc[n+]3c(c2)C(C)(C)c2cc(CNC(=O)OC(C)(C)C)ccc2-3)c(=O)n(C)c1=O. The van der Waals surface area contributed by atoms with Crippen molar-refractivity contribution in [3.8, 4) is 17.6 Å². The molecule has 0 saturated heterocycles. The molecular formula is C31H34N5O5+. The van der Waals surface area contributed by atoms with E-state index < -0.39 is 34.2 Å². The zero-order valence-electron chi connectivity index (χ0n) is 24.3. The van der Waals surface area contributed by atoms with E-state index >= 15 is 0 Å². The van der Waals surface area contributed by atoms with Gasteiger partial charge >= 0.3 is 11.8 Å². The minimum Gasteiger partial charge on any atom is -0.494 e. The van der Waals surface area contributed by atoms with Gasteiger partial charge in [0, 0.05) is 50.0 Å².